The molecule has 0 spiro atoms. The molecule has 0 aliphatic rings. The van der Waals surface area contributed by atoms with E-state index in [2.05, 4.69) is 13.8 Å². The quantitative estimate of drug-likeness (QED) is 0.656. The van der Waals surface area contributed by atoms with Crippen LogP contribution in [0.15, 0.2) is 0 Å². The van der Waals surface area contributed by atoms with Crippen molar-refractivity contribution in [1.29, 1.82) is 0 Å². The third kappa shape index (κ3) is 5.47. The van der Waals surface area contributed by atoms with Crippen LogP contribution >= 0.6 is 0 Å². The minimum absolute atomic E-state index is 0.0282. The Kier molecular flexibility index (Phi) is 8.21. The lowest BCUT2D eigenvalue weighted by atomic mass is 10.1. The number of carbonyl (C=O) groups is 1. The standard InChI is InChI=1S/C12H26N2O2/c1-4-11(5-2)14(8-9-15)12(16)7-6-10(3)13/h10-11,15H,4-9,13H2,1-3H3. The summed E-state index contributed by atoms with van der Waals surface area (Å²) in [6, 6.07) is 0.300. The normalized spacial score (nSPS) is 12.9. The average molecular weight is 230 g/mol. The molecule has 1 atom stereocenters. The molecule has 1 amide bonds. The van der Waals surface area contributed by atoms with Crippen LogP contribution in [0.1, 0.15) is 46.5 Å². The van der Waals surface area contributed by atoms with E-state index in [1.807, 2.05) is 6.92 Å². The lowest BCUT2D eigenvalue weighted by Gasteiger charge is -2.30. The zero-order valence-electron chi connectivity index (χ0n) is 10.8. The van der Waals surface area contributed by atoms with Gasteiger partial charge in [0.25, 0.3) is 0 Å². The number of nitrogens with two attached hydrogens (primary N) is 1. The van der Waals surface area contributed by atoms with Gasteiger partial charge in [0.05, 0.1) is 6.61 Å². The molecule has 0 aromatic carbocycles. The first-order valence-electron chi connectivity index (χ1n) is 6.22. The number of hydrogen-bond acceptors (Lipinski definition) is 3. The van der Waals surface area contributed by atoms with Crippen LogP contribution in [-0.4, -0.2) is 41.1 Å². The van der Waals surface area contributed by atoms with E-state index < -0.39 is 0 Å². The van der Waals surface area contributed by atoms with Crippen LogP contribution in [-0.2, 0) is 4.79 Å². The first kappa shape index (κ1) is 15.4. The summed E-state index contributed by atoms with van der Waals surface area (Å²) in [7, 11) is 0. The highest BCUT2D eigenvalue weighted by Crippen LogP contribution is 2.11. The smallest absolute Gasteiger partial charge is 0.222 e. The van der Waals surface area contributed by atoms with Gasteiger partial charge in [0.1, 0.15) is 0 Å². The topological polar surface area (TPSA) is 66.6 Å². The summed E-state index contributed by atoms with van der Waals surface area (Å²) in [6.07, 6.45) is 3.05. The van der Waals surface area contributed by atoms with Gasteiger partial charge in [-0.3, -0.25) is 4.79 Å². The largest absolute Gasteiger partial charge is 0.395 e. The van der Waals surface area contributed by atoms with Crippen LogP contribution in [0.3, 0.4) is 0 Å². The van der Waals surface area contributed by atoms with Crippen LogP contribution in [0.2, 0.25) is 0 Å². The number of hydrogen-bond donors (Lipinski definition) is 2. The fourth-order valence-corrected chi connectivity index (χ4v) is 1.84. The molecule has 16 heavy (non-hydrogen) atoms. The Morgan fingerprint density at radius 1 is 1.38 bits per heavy atom. The Labute approximate surface area is 98.8 Å². The van der Waals surface area contributed by atoms with Crippen molar-refractivity contribution in [2.45, 2.75) is 58.5 Å². The van der Waals surface area contributed by atoms with Crippen LogP contribution in [0, 0.1) is 0 Å². The minimum Gasteiger partial charge on any atom is -0.395 e. The molecule has 0 aliphatic heterocycles. The molecule has 3 N–H and O–H groups in total. The highest BCUT2D eigenvalue weighted by molar-refractivity contribution is 5.76. The molecular weight excluding hydrogens is 204 g/mol. The summed E-state index contributed by atoms with van der Waals surface area (Å²) in [5.41, 5.74) is 5.64. The van der Waals surface area contributed by atoms with Gasteiger partial charge in [-0.1, -0.05) is 13.8 Å². The third-order valence-electron chi connectivity index (χ3n) is 2.86. The molecule has 0 fully saturated rings. The number of aliphatic hydroxyl groups is 1. The van der Waals surface area contributed by atoms with Crippen LogP contribution in [0.5, 0.6) is 0 Å². The lowest BCUT2D eigenvalue weighted by Crippen LogP contribution is -2.41. The number of aliphatic hydroxyl groups excluding tert-OH is 1. The maximum atomic E-state index is 12.0. The predicted octanol–water partition coefficient (Wildman–Crippen LogP) is 1.12. The highest BCUT2D eigenvalue weighted by Gasteiger charge is 2.20. The molecule has 0 aromatic rings. The van der Waals surface area contributed by atoms with Crippen molar-refractivity contribution in [2.24, 2.45) is 5.73 Å². The van der Waals surface area contributed by atoms with E-state index in [1.54, 1.807) is 4.90 Å². The highest BCUT2D eigenvalue weighted by atomic mass is 16.3. The van der Waals surface area contributed by atoms with Crippen molar-refractivity contribution >= 4 is 5.91 Å². The molecule has 0 aromatic heterocycles. The van der Waals surface area contributed by atoms with E-state index in [1.165, 1.54) is 0 Å². The molecule has 0 rings (SSSR count). The molecule has 4 heteroatoms. The molecule has 0 radical (unpaired) electrons. The maximum absolute atomic E-state index is 12.0. The monoisotopic (exact) mass is 230 g/mol. The Morgan fingerprint density at radius 3 is 2.31 bits per heavy atom. The van der Waals surface area contributed by atoms with Gasteiger partial charge < -0.3 is 15.7 Å². The first-order valence-corrected chi connectivity index (χ1v) is 6.22. The van der Waals surface area contributed by atoms with E-state index in [0.717, 1.165) is 12.8 Å². The van der Waals surface area contributed by atoms with Crippen molar-refractivity contribution in [3.8, 4) is 0 Å². The SMILES string of the molecule is CCC(CC)N(CCO)C(=O)CCC(C)N. The fraction of sp³-hybridized carbons (Fsp3) is 0.917. The summed E-state index contributed by atoms with van der Waals surface area (Å²) in [4.78, 5) is 13.8. The predicted molar refractivity (Wildman–Crippen MR) is 66.1 cm³/mol. The lowest BCUT2D eigenvalue weighted by molar-refractivity contribution is -0.134. The van der Waals surface area contributed by atoms with Gasteiger partial charge in [0.15, 0.2) is 0 Å². The summed E-state index contributed by atoms with van der Waals surface area (Å²) < 4.78 is 0. The Hall–Kier alpha value is -0.610. The molecule has 96 valence electrons. The Balaban J connectivity index is 4.32. The Morgan fingerprint density at radius 2 is 1.94 bits per heavy atom. The average Bonchev–Trinajstić information content (AvgIpc) is 2.26. The second kappa shape index (κ2) is 8.53. The second-order valence-electron chi connectivity index (χ2n) is 4.30. The van der Waals surface area contributed by atoms with Gasteiger partial charge >= 0.3 is 0 Å². The molecule has 0 saturated heterocycles. The summed E-state index contributed by atoms with van der Waals surface area (Å²) in [6.45, 7) is 6.50. The number of nitrogens with zero attached hydrogens (tertiary/aromatic N) is 1. The molecule has 1 unspecified atom stereocenters. The maximum Gasteiger partial charge on any atom is 0.222 e. The van der Waals surface area contributed by atoms with E-state index in [-0.39, 0.29) is 24.6 Å². The number of rotatable bonds is 8. The van der Waals surface area contributed by atoms with Gasteiger partial charge in [-0.15, -0.1) is 0 Å². The molecule has 0 saturated carbocycles. The van der Waals surface area contributed by atoms with Crippen molar-refractivity contribution < 1.29 is 9.90 Å². The van der Waals surface area contributed by atoms with Crippen molar-refractivity contribution in [2.75, 3.05) is 13.2 Å². The van der Waals surface area contributed by atoms with E-state index in [4.69, 9.17) is 10.8 Å². The van der Waals surface area contributed by atoms with Gasteiger partial charge in [0, 0.05) is 25.0 Å². The molecule has 0 aliphatic carbocycles. The second-order valence-corrected chi connectivity index (χ2v) is 4.30. The zero-order chi connectivity index (χ0) is 12.6. The van der Waals surface area contributed by atoms with Crippen molar-refractivity contribution in [3.05, 3.63) is 0 Å². The number of amides is 1. The van der Waals surface area contributed by atoms with E-state index in [0.29, 0.717) is 19.4 Å². The van der Waals surface area contributed by atoms with Crippen LogP contribution in [0.4, 0.5) is 0 Å². The first-order chi connectivity index (χ1) is 7.56. The molecule has 0 heterocycles. The summed E-state index contributed by atoms with van der Waals surface area (Å²) in [5.74, 6) is 0.111. The van der Waals surface area contributed by atoms with Crippen molar-refractivity contribution in [1.82, 2.24) is 4.90 Å². The fourth-order valence-electron chi connectivity index (χ4n) is 1.84. The van der Waals surface area contributed by atoms with E-state index >= 15 is 0 Å². The van der Waals surface area contributed by atoms with Crippen molar-refractivity contribution in [3.63, 3.8) is 0 Å². The summed E-state index contributed by atoms with van der Waals surface area (Å²) in [5, 5.41) is 8.98. The molecule has 4 nitrogen and oxygen atoms in total. The zero-order valence-corrected chi connectivity index (χ0v) is 10.8. The van der Waals surface area contributed by atoms with Crippen LogP contribution in [0.25, 0.3) is 0 Å². The third-order valence-corrected chi connectivity index (χ3v) is 2.86. The molecule has 0 bridgehead atoms. The number of carbonyl (C=O) groups excluding carboxylic acids is 1. The van der Waals surface area contributed by atoms with Crippen LogP contribution < -0.4 is 5.73 Å². The van der Waals surface area contributed by atoms with Gasteiger partial charge in [-0.25, -0.2) is 0 Å². The minimum atomic E-state index is 0.0282. The summed E-state index contributed by atoms with van der Waals surface area (Å²) >= 11 is 0. The van der Waals surface area contributed by atoms with Gasteiger partial charge in [0.2, 0.25) is 5.91 Å². The van der Waals surface area contributed by atoms with Gasteiger partial charge in [-0.2, -0.15) is 0 Å². The molecular formula is C12H26N2O2. The Bertz CT molecular complexity index is 191. The van der Waals surface area contributed by atoms with E-state index in [9.17, 15) is 4.79 Å². The van der Waals surface area contributed by atoms with Gasteiger partial charge in [-0.05, 0) is 26.2 Å².